The van der Waals surface area contributed by atoms with Crippen LogP contribution in [-0.2, 0) is 4.74 Å². The molecule has 1 aliphatic rings. The van der Waals surface area contributed by atoms with E-state index in [9.17, 15) is 9.18 Å². The van der Waals surface area contributed by atoms with E-state index in [1.807, 2.05) is 32.9 Å². The number of carbonyl (C=O) groups excluding carboxylic acids is 1. The third-order valence-electron chi connectivity index (χ3n) is 4.20. The molecule has 1 N–H and O–H groups in total. The molecule has 7 heteroatoms. The van der Waals surface area contributed by atoms with E-state index in [1.54, 1.807) is 23.2 Å². The average molecular weight is 392 g/mol. The first-order valence-corrected chi connectivity index (χ1v) is 9.29. The Bertz CT molecular complexity index is 838. The fraction of sp³-hybridized carbons (Fsp3) is 0.400. The molecular formula is C20H23ClFN3O2. The van der Waals surface area contributed by atoms with Crippen molar-refractivity contribution in [3.05, 3.63) is 47.4 Å². The highest BCUT2D eigenvalue weighted by atomic mass is 35.5. The number of aromatic nitrogens is 1. The molecule has 27 heavy (non-hydrogen) atoms. The molecule has 1 saturated heterocycles. The predicted octanol–water partition coefficient (Wildman–Crippen LogP) is 5.31. The van der Waals surface area contributed by atoms with Crippen molar-refractivity contribution >= 4 is 23.4 Å². The topological polar surface area (TPSA) is 54.5 Å². The van der Waals surface area contributed by atoms with E-state index in [0.717, 1.165) is 18.5 Å². The molecule has 1 unspecified atom stereocenters. The van der Waals surface area contributed by atoms with Crippen LogP contribution < -0.4 is 5.32 Å². The lowest BCUT2D eigenvalue weighted by Crippen LogP contribution is -2.43. The molecule has 5 nitrogen and oxygen atoms in total. The summed E-state index contributed by atoms with van der Waals surface area (Å²) in [6.07, 6.45) is 2.82. The smallest absolute Gasteiger partial charge is 0.411 e. The Morgan fingerprint density at radius 2 is 2.15 bits per heavy atom. The Hall–Kier alpha value is -2.34. The first-order chi connectivity index (χ1) is 12.7. The van der Waals surface area contributed by atoms with E-state index in [4.69, 9.17) is 16.3 Å². The molecule has 1 aromatic carbocycles. The second-order valence-electron chi connectivity index (χ2n) is 7.50. The fourth-order valence-corrected chi connectivity index (χ4v) is 3.21. The highest BCUT2D eigenvalue weighted by Gasteiger charge is 2.32. The van der Waals surface area contributed by atoms with E-state index < -0.39 is 11.4 Å². The minimum atomic E-state index is -0.547. The summed E-state index contributed by atoms with van der Waals surface area (Å²) < 4.78 is 19.0. The summed E-state index contributed by atoms with van der Waals surface area (Å²) in [7, 11) is 0. The Balaban J connectivity index is 1.83. The van der Waals surface area contributed by atoms with Crippen molar-refractivity contribution < 1.29 is 13.9 Å². The number of pyridine rings is 1. The van der Waals surface area contributed by atoms with Gasteiger partial charge >= 0.3 is 6.09 Å². The number of nitrogens with zero attached hydrogens (tertiary/aromatic N) is 2. The Labute approximate surface area is 163 Å². The molecular weight excluding hydrogens is 369 g/mol. The number of amides is 1. The highest BCUT2D eigenvalue weighted by molar-refractivity contribution is 6.31. The maximum Gasteiger partial charge on any atom is 0.411 e. The van der Waals surface area contributed by atoms with Crippen LogP contribution in [-0.4, -0.2) is 34.3 Å². The molecule has 3 rings (SSSR count). The fourth-order valence-electron chi connectivity index (χ4n) is 3.03. The van der Waals surface area contributed by atoms with Crippen LogP contribution in [0.3, 0.4) is 0 Å². The van der Waals surface area contributed by atoms with Crippen molar-refractivity contribution in [1.82, 2.24) is 9.88 Å². The van der Waals surface area contributed by atoms with Gasteiger partial charge in [0.25, 0.3) is 0 Å². The summed E-state index contributed by atoms with van der Waals surface area (Å²) in [4.78, 5) is 18.6. The lowest BCUT2D eigenvalue weighted by Gasteiger charge is -2.29. The van der Waals surface area contributed by atoms with Crippen molar-refractivity contribution in [2.45, 2.75) is 45.4 Å². The first-order valence-electron chi connectivity index (χ1n) is 8.91. The molecule has 0 radical (unpaired) electrons. The van der Waals surface area contributed by atoms with Gasteiger partial charge in [0.1, 0.15) is 17.6 Å². The highest BCUT2D eigenvalue weighted by Crippen LogP contribution is 2.31. The van der Waals surface area contributed by atoms with Crippen LogP contribution in [0.2, 0.25) is 5.02 Å². The quantitative estimate of drug-likeness (QED) is 0.770. The molecule has 0 saturated carbocycles. The standard InChI is InChI=1S/C20H23ClFN3O2/c1-20(2,3)27-19(26)25-11-5-7-17(25)24-16-6-4-10-23-18(16)13-8-9-15(22)14(21)12-13/h4,6,8-10,12,17,24H,5,7,11H2,1-3H3. The van der Waals surface area contributed by atoms with E-state index in [0.29, 0.717) is 17.8 Å². The van der Waals surface area contributed by atoms with Crippen LogP contribution in [0.25, 0.3) is 11.3 Å². The van der Waals surface area contributed by atoms with Crippen LogP contribution in [0.1, 0.15) is 33.6 Å². The zero-order valence-corrected chi connectivity index (χ0v) is 16.4. The van der Waals surface area contributed by atoms with Gasteiger partial charge < -0.3 is 10.1 Å². The van der Waals surface area contributed by atoms with E-state index in [1.165, 1.54) is 6.07 Å². The summed E-state index contributed by atoms with van der Waals surface area (Å²) in [6.45, 7) is 6.17. The zero-order valence-electron chi connectivity index (χ0n) is 15.6. The number of nitrogens with one attached hydrogen (secondary N) is 1. The van der Waals surface area contributed by atoms with Crippen molar-refractivity contribution in [2.75, 3.05) is 11.9 Å². The summed E-state index contributed by atoms with van der Waals surface area (Å²) in [5, 5.41) is 3.43. The Kier molecular flexibility index (Phi) is 5.56. The molecule has 2 aromatic rings. The first kappa shape index (κ1) is 19.4. The summed E-state index contributed by atoms with van der Waals surface area (Å²) in [6, 6.07) is 8.19. The maximum absolute atomic E-state index is 13.5. The molecule has 1 atom stereocenters. The van der Waals surface area contributed by atoms with E-state index >= 15 is 0 Å². The second kappa shape index (κ2) is 7.72. The molecule has 0 aliphatic carbocycles. The monoisotopic (exact) mass is 391 g/mol. The van der Waals surface area contributed by atoms with Gasteiger partial charge in [-0.25, -0.2) is 9.18 Å². The minimum absolute atomic E-state index is 0.0420. The number of hydrogen-bond acceptors (Lipinski definition) is 4. The van der Waals surface area contributed by atoms with E-state index in [2.05, 4.69) is 10.3 Å². The number of likely N-dealkylation sites (tertiary alicyclic amines) is 1. The molecule has 1 aromatic heterocycles. The minimum Gasteiger partial charge on any atom is -0.444 e. The van der Waals surface area contributed by atoms with Gasteiger partial charge in [0.2, 0.25) is 0 Å². The molecule has 1 amide bonds. The van der Waals surface area contributed by atoms with Gasteiger partial charge in [-0.05, 0) is 63.9 Å². The predicted molar refractivity (Wildman–Crippen MR) is 104 cm³/mol. The summed E-state index contributed by atoms with van der Waals surface area (Å²) in [5.41, 5.74) is 1.55. The number of rotatable bonds is 3. The lowest BCUT2D eigenvalue weighted by atomic mass is 10.1. The van der Waals surface area contributed by atoms with Crippen LogP contribution >= 0.6 is 11.6 Å². The van der Waals surface area contributed by atoms with Crippen molar-refractivity contribution in [1.29, 1.82) is 0 Å². The molecule has 2 heterocycles. The third-order valence-corrected chi connectivity index (χ3v) is 4.49. The van der Waals surface area contributed by atoms with Gasteiger partial charge in [-0.2, -0.15) is 0 Å². The van der Waals surface area contributed by atoms with Crippen LogP contribution in [0.15, 0.2) is 36.5 Å². The van der Waals surface area contributed by atoms with Crippen molar-refractivity contribution in [3.8, 4) is 11.3 Å². The van der Waals surface area contributed by atoms with Crippen LogP contribution in [0.4, 0.5) is 14.9 Å². The van der Waals surface area contributed by atoms with E-state index in [-0.39, 0.29) is 17.3 Å². The molecule has 1 fully saturated rings. The van der Waals surface area contributed by atoms with Gasteiger partial charge in [-0.1, -0.05) is 11.6 Å². The van der Waals surface area contributed by atoms with Gasteiger partial charge in [-0.3, -0.25) is 9.88 Å². The second-order valence-corrected chi connectivity index (χ2v) is 7.91. The third kappa shape index (κ3) is 4.69. The molecule has 0 bridgehead atoms. The molecule has 1 aliphatic heterocycles. The maximum atomic E-state index is 13.5. The average Bonchev–Trinajstić information content (AvgIpc) is 3.05. The van der Waals surface area contributed by atoms with Gasteiger partial charge in [-0.15, -0.1) is 0 Å². The van der Waals surface area contributed by atoms with Crippen molar-refractivity contribution in [2.24, 2.45) is 0 Å². The Morgan fingerprint density at radius 1 is 1.37 bits per heavy atom. The van der Waals surface area contributed by atoms with Crippen molar-refractivity contribution in [3.63, 3.8) is 0 Å². The number of carbonyl (C=O) groups is 1. The van der Waals surface area contributed by atoms with Gasteiger partial charge in [0.15, 0.2) is 0 Å². The molecule has 144 valence electrons. The lowest BCUT2D eigenvalue weighted by molar-refractivity contribution is 0.0244. The largest absolute Gasteiger partial charge is 0.444 e. The SMILES string of the molecule is CC(C)(C)OC(=O)N1CCCC1Nc1cccnc1-c1ccc(F)c(Cl)c1. The number of halogens is 2. The summed E-state index contributed by atoms with van der Waals surface area (Å²) >= 11 is 5.92. The Morgan fingerprint density at radius 3 is 2.85 bits per heavy atom. The zero-order chi connectivity index (χ0) is 19.6. The van der Waals surface area contributed by atoms with Gasteiger partial charge in [0.05, 0.1) is 16.4 Å². The number of hydrogen-bond donors (Lipinski definition) is 1. The molecule has 0 spiro atoms. The van der Waals surface area contributed by atoms with Crippen LogP contribution in [0, 0.1) is 5.82 Å². The summed E-state index contributed by atoms with van der Waals surface area (Å²) in [5.74, 6) is -0.474. The van der Waals surface area contributed by atoms with Crippen LogP contribution in [0.5, 0.6) is 0 Å². The normalized spacial score (nSPS) is 17.1. The van der Waals surface area contributed by atoms with Gasteiger partial charge in [0, 0.05) is 18.3 Å². The number of benzene rings is 1. The number of ether oxygens (including phenoxy) is 1. The number of anilines is 1.